The van der Waals surface area contributed by atoms with E-state index in [2.05, 4.69) is 10.1 Å². The molecule has 0 spiro atoms. The van der Waals surface area contributed by atoms with Crippen molar-refractivity contribution in [3.05, 3.63) is 70.8 Å². The van der Waals surface area contributed by atoms with Crippen LogP contribution in [0.3, 0.4) is 0 Å². The molecule has 1 aromatic carbocycles. The maximum Gasteiger partial charge on any atom is 0.407 e. The minimum atomic E-state index is -0.883. The molecule has 2 aromatic heterocycles. The quantitative estimate of drug-likeness (QED) is 0.715. The monoisotopic (exact) mass is 406 g/mol. The van der Waals surface area contributed by atoms with Crippen LogP contribution in [0.1, 0.15) is 18.5 Å². The number of hydrogen-bond acceptors (Lipinski definition) is 5. The molecule has 1 aliphatic rings. The predicted octanol–water partition coefficient (Wildman–Crippen LogP) is 3.12. The van der Waals surface area contributed by atoms with E-state index in [4.69, 9.17) is 9.84 Å². The molecule has 1 amide bonds. The maximum absolute atomic E-state index is 12.6. The van der Waals surface area contributed by atoms with E-state index < -0.39 is 6.09 Å². The van der Waals surface area contributed by atoms with Crippen LogP contribution in [0.4, 0.5) is 4.79 Å². The Bertz CT molecular complexity index is 1090. The van der Waals surface area contributed by atoms with Gasteiger partial charge in [0.25, 0.3) is 5.56 Å². The van der Waals surface area contributed by atoms with Gasteiger partial charge in [0, 0.05) is 43.8 Å². The van der Waals surface area contributed by atoms with E-state index in [0.717, 1.165) is 22.6 Å². The Morgan fingerprint density at radius 1 is 1.13 bits per heavy atom. The number of hydrogen-bond donors (Lipinski definition) is 1. The summed E-state index contributed by atoms with van der Waals surface area (Å²) in [5.41, 5.74) is 2.10. The van der Waals surface area contributed by atoms with Crippen LogP contribution in [0.5, 0.6) is 5.75 Å². The van der Waals surface area contributed by atoms with Crippen LogP contribution < -0.4 is 10.3 Å². The van der Waals surface area contributed by atoms with Crippen molar-refractivity contribution in [2.24, 2.45) is 0 Å². The van der Waals surface area contributed by atoms with Crippen molar-refractivity contribution in [3.63, 3.8) is 0 Å². The molecule has 0 saturated carbocycles. The molecule has 0 atom stereocenters. The number of likely N-dealkylation sites (tertiary alicyclic amines) is 1. The second kappa shape index (κ2) is 8.36. The van der Waals surface area contributed by atoms with Crippen molar-refractivity contribution in [2.45, 2.75) is 25.9 Å². The van der Waals surface area contributed by atoms with Crippen LogP contribution in [0.15, 0.2) is 59.5 Å². The van der Waals surface area contributed by atoms with E-state index in [1.165, 1.54) is 9.58 Å². The number of nitrogens with zero attached hydrogens (tertiary/aromatic N) is 4. The fourth-order valence-corrected chi connectivity index (χ4v) is 3.55. The van der Waals surface area contributed by atoms with E-state index in [0.29, 0.717) is 31.7 Å². The molecule has 30 heavy (non-hydrogen) atoms. The minimum absolute atomic E-state index is 0.00264. The number of amides is 1. The van der Waals surface area contributed by atoms with Gasteiger partial charge in [-0.15, -0.1) is 0 Å². The van der Waals surface area contributed by atoms with Gasteiger partial charge in [-0.2, -0.15) is 9.78 Å². The fourth-order valence-electron chi connectivity index (χ4n) is 3.55. The van der Waals surface area contributed by atoms with Crippen molar-refractivity contribution in [1.82, 2.24) is 19.7 Å². The van der Waals surface area contributed by atoms with Crippen LogP contribution in [-0.4, -0.2) is 50.1 Å². The Morgan fingerprint density at radius 2 is 1.87 bits per heavy atom. The number of aromatic nitrogens is 3. The summed E-state index contributed by atoms with van der Waals surface area (Å²) < 4.78 is 7.29. The SMILES string of the molecule is Cc1nn(-c2ccccn2)c(=O)cc1-c1ccc(OC2CCN(C(=O)O)CC2)cc1. The second-order valence-corrected chi connectivity index (χ2v) is 7.19. The summed E-state index contributed by atoms with van der Waals surface area (Å²) in [6, 6.07) is 14.4. The zero-order valence-electron chi connectivity index (χ0n) is 16.6. The number of pyridine rings is 1. The van der Waals surface area contributed by atoms with Gasteiger partial charge in [-0.05, 0) is 36.8 Å². The lowest BCUT2D eigenvalue weighted by atomic mass is 10.0. The molecule has 8 nitrogen and oxygen atoms in total. The molecule has 8 heteroatoms. The van der Waals surface area contributed by atoms with Crippen LogP contribution in [0, 0.1) is 6.92 Å². The highest BCUT2D eigenvalue weighted by Crippen LogP contribution is 2.25. The Kier molecular flexibility index (Phi) is 5.47. The van der Waals surface area contributed by atoms with Crippen LogP contribution in [0.2, 0.25) is 0 Å². The van der Waals surface area contributed by atoms with Crippen molar-refractivity contribution >= 4 is 6.09 Å². The summed E-state index contributed by atoms with van der Waals surface area (Å²) in [7, 11) is 0. The Morgan fingerprint density at radius 3 is 2.50 bits per heavy atom. The third-order valence-electron chi connectivity index (χ3n) is 5.16. The first kappa shape index (κ1) is 19.6. The number of aryl methyl sites for hydroxylation is 1. The average molecular weight is 406 g/mol. The van der Waals surface area contributed by atoms with Gasteiger partial charge in [0.15, 0.2) is 5.82 Å². The number of piperidine rings is 1. The highest BCUT2D eigenvalue weighted by Gasteiger charge is 2.23. The Labute approximate surface area is 173 Å². The molecule has 1 aliphatic heterocycles. The summed E-state index contributed by atoms with van der Waals surface area (Å²) in [5, 5.41) is 13.4. The third kappa shape index (κ3) is 4.17. The first-order valence-electron chi connectivity index (χ1n) is 9.78. The molecule has 1 saturated heterocycles. The molecule has 0 bridgehead atoms. The lowest BCUT2D eigenvalue weighted by Crippen LogP contribution is -2.41. The summed E-state index contributed by atoms with van der Waals surface area (Å²) in [6.07, 6.45) is 2.08. The largest absolute Gasteiger partial charge is 0.490 e. The van der Waals surface area contributed by atoms with E-state index in [1.807, 2.05) is 37.3 Å². The van der Waals surface area contributed by atoms with Crippen molar-refractivity contribution in [2.75, 3.05) is 13.1 Å². The molecule has 1 fully saturated rings. The Balaban J connectivity index is 1.49. The second-order valence-electron chi connectivity index (χ2n) is 7.19. The predicted molar refractivity (Wildman–Crippen MR) is 111 cm³/mol. The molecule has 0 aliphatic carbocycles. The standard InChI is InChI=1S/C22H22N4O4/c1-15-19(14-21(27)26(24-15)20-4-2-3-11-23-20)16-5-7-17(8-6-16)30-18-9-12-25(13-10-18)22(28)29/h2-8,11,14,18H,9-10,12-13H2,1H3,(H,28,29). The lowest BCUT2D eigenvalue weighted by molar-refractivity contribution is 0.0895. The molecule has 4 rings (SSSR count). The van der Waals surface area contributed by atoms with Gasteiger partial charge in [0.05, 0.1) is 5.69 Å². The molecule has 1 N–H and O–H groups in total. The summed E-state index contributed by atoms with van der Waals surface area (Å²) in [6.45, 7) is 2.82. The van der Waals surface area contributed by atoms with Gasteiger partial charge in [-0.1, -0.05) is 18.2 Å². The van der Waals surface area contributed by atoms with Crippen LogP contribution in [-0.2, 0) is 0 Å². The van der Waals surface area contributed by atoms with E-state index in [1.54, 1.807) is 24.4 Å². The number of ether oxygens (including phenoxy) is 1. The van der Waals surface area contributed by atoms with Crippen LogP contribution >= 0.6 is 0 Å². The van der Waals surface area contributed by atoms with Gasteiger partial charge >= 0.3 is 6.09 Å². The van der Waals surface area contributed by atoms with E-state index >= 15 is 0 Å². The average Bonchev–Trinajstić information content (AvgIpc) is 2.77. The third-order valence-corrected chi connectivity index (χ3v) is 5.16. The number of benzene rings is 1. The van der Waals surface area contributed by atoms with Gasteiger partial charge in [0.2, 0.25) is 0 Å². The van der Waals surface area contributed by atoms with Crippen molar-refractivity contribution in [1.29, 1.82) is 0 Å². The fraction of sp³-hybridized carbons (Fsp3) is 0.273. The lowest BCUT2D eigenvalue weighted by Gasteiger charge is -2.30. The van der Waals surface area contributed by atoms with Gasteiger partial charge in [0.1, 0.15) is 11.9 Å². The molecule has 154 valence electrons. The summed E-state index contributed by atoms with van der Waals surface area (Å²) in [5.74, 6) is 1.20. The van der Waals surface area contributed by atoms with Gasteiger partial charge in [-0.3, -0.25) is 4.79 Å². The van der Waals surface area contributed by atoms with Crippen molar-refractivity contribution in [3.8, 4) is 22.7 Å². The molecule has 0 unspecified atom stereocenters. The van der Waals surface area contributed by atoms with E-state index in [9.17, 15) is 9.59 Å². The topological polar surface area (TPSA) is 97.6 Å². The molecular formula is C22H22N4O4. The van der Waals surface area contributed by atoms with Gasteiger partial charge in [-0.25, -0.2) is 9.78 Å². The summed E-state index contributed by atoms with van der Waals surface area (Å²) >= 11 is 0. The zero-order valence-corrected chi connectivity index (χ0v) is 16.6. The molecular weight excluding hydrogens is 384 g/mol. The molecule has 3 heterocycles. The molecule has 3 aromatic rings. The number of carbonyl (C=O) groups is 1. The summed E-state index contributed by atoms with van der Waals surface area (Å²) in [4.78, 5) is 29.1. The smallest absolute Gasteiger partial charge is 0.407 e. The first-order chi connectivity index (χ1) is 14.5. The normalized spacial score (nSPS) is 14.5. The highest BCUT2D eigenvalue weighted by molar-refractivity contribution is 5.66. The Hall–Kier alpha value is -3.68. The first-order valence-corrected chi connectivity index (χ1v) is 9.78. The molecule has 0 radical (unpaired) electrons. The van der Waals surface area contributed by atoms with E-state index in [-0.39, 0.29) is 11.7 Å². The van der Waals surface area contributed by atoms with Gasteiger partial charge < -0.3 is 14.7 Å². The number of rotatable bonds is 4. The zero-order chi connectivity index (χ0) is 21.1. The van der Waals surface area contributed by atoms with Crippen molar-refractivity contribution < 1.29 is 14.6 Å². The number of carboxylic acid groups (broad SMARTS) is 1. The maximum atomic E-state index is 12.6. The highest BCUT2D eigenvalue weighted by atomic mass is 16.5. The minimum Gasteiger partial charge on any atom is -0.490 e. The van der Waals surface area contributed by atoms with Crippen LogP contribution in [0.25, 0.3) is 16.9 Å².